The largest absolute Gasteiger partial charge is 0.265 e. The predicted octanol–water partition coefficient (Wildman–Crippen LogP) is -0.567. The van der Waals surface area contributed by atoms with Gasteiger partial charge in [-0.2, -0.15) is 8.42 Å². The van der Waals surface area contributed by atoms with Crippen LogP contribution in [-0.4, -0.2) is 41.5 Å². The Balaban J connectivity index is 2.66. The van der Waals surface area contributed by atoms with Gasteiger partial charge in [0.05, 0.1) is 18.6 Å². The van der Waals surface area contributed by atoms with Crippen molar-refractivity contribution in [2.45, 2.75) is 31.4 Å². The van der Waals surface area contributed by atoms with Crippen molar-refractivity contribution in [1.29, 1.82) is 0 Å². The average Bonchev–Trinajstić information content (AvgIpc) is 2.29. The number of hydrogen-bond acceptors (Lipinski definition) is 5. The van der Waals surface area contributed by atoms with Gasteiger partial charge in [0.25, 0.3) is 10.1 Å². The lowest BCUT2D eigenvalue weighted by molar-refractivity contribution is 0.194. The highest BCUT2D eigenvalue weighted by Gasteiger charge is 2.32. The zero-order valence-corrected chi connectivity index (χ0v) is 10.3. The summed E-state index contributed by atoms with van der Waals surface area (Å²) in [4.78, 5) is 0. The van der Waals surface area contributed by atoms with Crippen LogP contribution in [0.5, 0.6) is 0 Å². The second-order valence-corrected chi connectivity index (χ2v) is 7.15. The molecule has 0 spiro atoms. The predicted molar refractivity (Wildman–Crippen MR) is 55.3 cm³/mol. The van der Waals surface area contributed by atoms with Crippen LogP contribution in [0.25, 0.3) is 0 Å². The van der Waals surface area contributed by atoms with Crippen LogP contribution in [0, 0.1) is 0 Å². The van der Waals surface area contributed by atoms with Crippen molar-refractivity contribution in [2.24, 2.45) is 0 Å². The summed E-state index contributed by atoms with van der Waals surface area (Å²) in [5.41, 5.74) is 0. The first kappa shape index (κ1) is 12.9. The van der Waals surface area contributed by atoms with Crippen molar-refractivity contribution in [3.8, 4) is 0 Å². The molecule has 1 aliphatic carbocycles. The van der Waals surface area contributed by atoms with Crippen LogP contribution in [-0.2, 0) is 24.3 Å². The second-order valence-electron chi connectivity index (χ2n) is 3.77. The molecule has 0 aliphatic heterocycles. The standard InChI is InChI=1S/C7H15NO5S2/c1-14(9,10)8-6-4-3-5-7(6)13-15(2,11)12/h6-8H,3-5H2,1-2H3/t6-,7+/m1/s1. The third-order valence-corrected chi connectivity index (χ3v) is 3.44. The normalized spacial score (nSPS) is 28.1. The lowest BCUT2D eigenvalue weighted by Gasteiger charge is -2.18. The van der Waals surface area contributed by atoms with Crippen molar-refractivity contribution < 1.29 is 21.0 Å². The van der Waals surface area contributed by atoms with Gasteiger partial charge in [-0.25, -0.2) is 13.1 Å². The molecule has 15 heavy (non-hydrogen) atoms. The Labute approximate surface area is 90.2 Å². The minimum absolute atomic E-state index is 0.435. The lowest BCUT2D eigenvalue weighted by Crippen LogP contribution is -2.41. The second kappa shape index (κ2) is 4.36. The zero-order valence-electron chi connectivity index (χ0n) is 8.63. The van der Waals surface area contributed by atoms with Gasteiger partial charge in [-0.15, -0.1) is 0 Å². The highest BCUT2D eigenvalue weighted by molar-refractivity contribution is 7.88. The molecule has 0 aromatic rings. The molecular weight excluding hydrogens is 242 g/mol. The molecule has 1 N–H and O–H groups in total. The molecule has 1 aliphatic rings. The molecule has 0 heterocycles. The Morgan fingerprint density at radius 1 is 1.13 bits per heavy atom. The van der Waals surface area contributed by atoms with E-state index in [1.165, 1.54) is 0 Å². The van der Waals surface area contributed by atoms with E-state index in [4.69, 9.17) is 4.18 Å². The first-order valence-electron chi connectivity index (χ1n) is 4.53. The molecule has 1 saturated carbocycles. The van der Waals surface area contributed by atoms with Gasteiger partial charge in [0.1, 0.15) is 0 Å². The molecule has 0 unspecified atom stereocenters. The number of hydrogen-bond donors (Lipinski definition) is 1. The fourth-order valence-electron chi connectivity index (χ4n) is 1.68. The van der Waals surface area contributed by atoms with E-state index in [0.717, 1.165) is 18.9 Å². The minimum atomic E-state index is -3.53. The summed E-state index contributed by atoms with van der Waals surface area (Å²) in [5.74, 6) is 0. The maximum Gasteiger partial charge on any atom is 0.264 e. The molecule has 2 atom stereocenters. The molecule has 0 aromatic heterocycles. The molecule has 6 nitrogen and oxygen atoms in total. The monoisotopic (exact) mass is 257 g/mol. The van der Waals surface area contributed by atoms with Crippen molar-refractivity contribution >= 4 is 20.1 Å². The number of nitrogens with one attached hydrogen (secondary N) is 1. The maximum absolute atomic E-state index is 11.0. The molecule has 1 rings (SSSR count). The summed E-state index contributed by atoms with van der Waals surface area (Å²) >= 11 is 0. The number of sulfonamides is 1. The topological polar surface area (TPSA) is 89.5 Å². The summed E-state index contributed by atoms with van der Waals surface area (Å²) in [6.45, 7) is 0. The smallest absolute Gasteiger partial charge is 0.264 e. The summed E-state index contributed by atoms with van der Waals surface area (Å²) in [5, 5.41) is 0. The molecule has 90 valence electrons. The molecule has 0 aromatic carbocycles. The fourth-order valence-corrected chi connectivity index (χ4v) is 3.17. The van der Waals surface area contributed by atoms with Crippen molar-refractivity contribution in [2.75, 3.05) is 12.5 Å². The van der Waals surface area contributed by atoms with Crippen LogP contribution in [0.3, 0.4) is 0 Å². The highest BCUT2D eigenvalue weighted by Crippen LogP contribution is 2.23. The minimum Gasteiger partial charge on any atom is -0.265 e. The fraction of sp³-hybridized carbons (Fsp3) is 1.00. The highest BCUT2D eigenvalue weighted by atomic mass is 32.2. The van der Waals surface area contributed by atoms with Gasteiger partial charge >= 0.3 is 0 Å². The summed E-state index contributed by atoms with van der Waals surface area (Å²) in [6, 6.07) is -0.435. The average molecular weight is 257 g/mol. The molecule has 8 heteroatoms. The Morgan fingerprint density at radius 2 is 1.73 bits per heavy atom. The molecule has 0 radical (unpaired) electrons. The Morgan fingerprint density at radius 3 is 2.20 bits per heavy atom. The zero-order chi connectivity index (χ0) is 11.7. The van der Waals surface area contributed by atoms with Gasteiger partial charge in [-0.3, -0.25) is 4.18 Å². The van der Waals surface area contributed by atoms with Crippen LogP contribution >= 0.6 is 0 Å². The molecule has 0 saturated heterocycles. The number of rotatable bonds is 4. The quantitative estimate of drug-likeness (QED) is 0.681. The van der Waals surface area contributed by atoms with Crippen molar-refractivity contribution in [3.63, 3.8) is 0 Å². The van der Waals surface area contributed by atoms with Crippen LogP contribution in [0.2, 0.25) is 0 Å². The first-order chi connectivity index (χ1) is 6.67. The summed E-state index contributed by atoms with van der Waals surface area (Å²) < 4.78 is 50.9. The van der Waals surface area contributed by atoms with E-state index in [1.54, 1.807) is 0 Å². The summed E-state index contributed by atoms with van der Waals surface area (Å²) in [7, 11) is -6.85. The third-order valence-electron chi connectivity index (χ3n) is 2.12. The van der Waals surface area contributed by atoms with E-state index in [9.17, 15) is 16.8 Å². The molecule has 1 fully saturated rings. The van der Waals surface area contributed by atoms with Crippen LogP contribution in [0.1, 0.15) is 19.3 Å². The Hall–Kier alpha value is -0.180. The van der Waals surface area contributed by atoms with E-state index in [2.05, 4.69) is 4.72 Å². The first-order valence-corrected chi connectivity index (χ1v) is 8.24. The van der Waals surface area contributed by atoms with Gasteiger partial charge in [0.15, 0.2) is 0 Å². The van der Waals surface area contributed by atoms with Crippen LogP contribution in [0.15, 0.2) is 0 Å². The van der Waals surface area contributed by atoms with Gasteiger partial charge in [-0.1, -0.05) is 0 Å². The Bertz CT molecular complexity index is 373. The van der Waals surface area contributed by atoms with E-state index in [1.807, 2.05) is 0 Å². The molecule has 0 amide bonds. The van der Waals surface area contributed by atoms with Gasteiger partial charge < -0.3 is 0 Å². The molecule has 0 bridgehead atoms. The van der Waals surface area contributed by atoms with Crippen LogP contribution < -0.4 is 4.72 Å². The Kier molecular flexibility index (Phi) is 3.75. The van der Waals surface area contributed by atoms with E-state index in [-0.39, 0.29) is 0 Å². The van der Waals surface area contributed by atoms with E-state index in [0.29, 0.717) is 12.8 Å². The SMILES string of the molecule is CS(=O)(=O)N[C@@H]1CCC[C@@H]1OS(C)(=O)=O. The van der Waals surface area contributed by atoms with Crippen LogP contribution in [0.4, 0.5) is 0 Å². The van der Waals surface area contributed by atoms with Crippen molar-refractivity contribution in [3.05, 3.63) is 0 Å². The van der Waals surface area contributed by atoms with Gasteiger partial charge in [-0.05, 0) is 19.3 Å². The lowest BCUT2D eigenvalue weighted by atomic mass is 10.2. The van der Waals surface area contributed by atoms with Gasteiger partial charge in [0, 0.05) is 6.04 Å². The van der Waals surface area contributed by atoms with Crippen molar-refractivity contribution in [1.82, 2.24) is 4.72 Å². The van der Waals surface area contributed by atoms with E-state index >= 15 is 0 Å². The maximum atomic E-state index is 11.0. The summed E-state index contributed by atoms with van der Waals surface area (Å²) in [6.07, 6.45) is 3.35. The third kappa shape index (κ3) is 4.92. The molecular formula is C7H15NO5S2. The van der Waals surface area contributed by atoms with E-state index < -0.39 is 32.3 Å². The van der Waals surface area contributed by atoms with Gasteiger partial charge in [0.2, 0.25) is 10.0 Å².